The zero-order valence-corrected chi connectivity index (χ0v) is 13.7. The van der Waals surface area contributed by atoms with Crippen molar-refractivity contribution in [1.82, 2.24) is 10.2 Å². The Bertz CT molecular complexity index is 446. The van der Waals surface area contributed by atoms with Crippen LogP contribution in [0.3, 0.4) is 0 Å². The lowest BCUT2D eigenvalue weighted by molar-refractivity contribution is 0.246. The van der Waals surface area contributed by atoms with E-state index in [1.807, 2.05) is 19.2 Å². The molecule has 118 valence electrons. The summed E-state index contributed by atoms with van der Waals surface area (Å²) < 4.78 is 10.8. The molecule has 0 amide bonds. The highest BCUT2D eigenvalue weighted by atomic mass is 16.5. The number of hydrogen-bond donors (Lipinski definition) is 1. The molecular weight excluding hydrogens is 264 g/mol. The molecule has 1 saturated carbocycles. The van der Waals surface area contributed by atoms with Crippen molar-refractivity contribution in [3.63, 3.8) is 0 Å². The minimum absolute atomic E-state index is 0.268. The standard InChI is InChI=1S/C17H28N2O2/c1-5-19(11-13-6-7-13)12-16(18-2)15-9-8-14(20-3)10-17(15)21-4/h8-10,13,16,18H,5-7,11-12H2,1-4H3. The van der Waals surface area contributed by atoms with Crippen molar-refractivity contribution in [3.8, 4) is 11.5 Å². The second kappa shape index (κ2) is 7.66. The highest BCUT2D eigenvalue weighted by Crippen LogP contribution is 2.32. The Morgan fingerprint density at radius 3 is 2.57 bits per heavy atom. The van der Waals surface area contributed by atoms with Crippen LogP contribution < -0.4 is 14.8 Å². The molecule has 1 aliphatic carbocycles. The number of hydrogen-bond acceptors (Lipinski definition) is 4. The Kier molecular flexibility index (Phi) is 5.88. The number of likely N-dealkylation sites (N-methyl/N-ethyl adjacent to an activating group) is 2. The van der Waals surface area contributed by atoms with Gasteiger partial charge in [-0.3, -0.25) is 0 Å². The average Bonchev–Trinajstić information content (AvgIpc) is 3.34. The number of methoxy groups -OCH3 is 2. The Balaban J connectivity index is 2.11. The van der Waals surface area contributed by atoms with Gasteiger partial charge >= 0.3 is 0 Å². The number of nitrogens with one attached hydrogen (secondary N) is 1. The van der Waals surface area contributed by atoms with Crippen molar-refractivity contribution in [3.05, 3.63) is 23.8 Å². The van der Waals surface area contributed by atoms with Crippen LogP contribution in [-0.2, 0) is 0 Å². The predicted octanol–water partition coefficient (Wildman–Crippen LogP) is 2.70. The summed E-state index contributed by atoms with van der Waals surface area (Å²) in [6.45, 7) is 5.55. The van der Waals surface area contributed by atoms with Crippen LogP contribution >= 0.6 is 0 Å². The molecule has 1 unspecified atom stereocenters. The lowest BCUT2D eigenvalue weighted by Gasteiger charge is -2.27. The molecule has 0 saturated heterocycles. The molecule has 1 fully saturated rings. The van der Waals surface area contributed by atoms with Crippen LogP contribution in [0.1, 0.15) is 31.4 Å². The topological polar surface area (TPSA) is 33.7 Å². The normalized spacial score (nSPS) is 16.0. The smallest absolute Gasteiger partial charge is 0.127 e. The van der Waals surface area contributed by atoms with Crippen LogP contribution in [0.4, 0.5) is 0 Å². The number of nitrogens with zero attached hydrogens (tertiary/aromatic N) is 1. The molecular formula is C17H28N2O2. The number of benzene rings is 1. The largest absolute Gasteiger partial charge is 0.497 e. The van der Waals surface area contributed by atoms with E-state index in [0.29, 0.717) is 0 Å². The molecule has 0 spiro atoms. The maximum Gasteiger partial charge on any atom is 0.127 e. The first kappa shape index (κ1) is 16.1. The van der Waals surface area contributed by atoms with Gasteiger partial charge in [-0.2, -0.15) is 0 Å². The van der Waals surface area contributed by atoms with E-state index in [1.54, 1.807) is 14.2 Å². The van der Waals surface area contributed by atoms with Gasteiger partial charge < -0.3 is 19.7 Å². The fourth-order valence-electron chi connectivity index (χ4n) is 2.71. The molecule has 1 aliphatic rings. The zero-order chi connectivity index (χ0) is 15.2. The first-order valence-corrected chi connectivity index (χ1v) is 7.83. The Morgan fingerprint density at radius 2 is 2.05 bits per heavy atom. The summed E-state index contributed by atoms with van der Waals surface area (Å²) in [4.78, 5) is 2.53. The van der Waals surface area contributed by atoms with Crippen molar-refractivity contribution in [1.29, 1.82) is 0 Å². The lowest BCUT2D eigenvalue weighted by atomic mass is 10.0. The molecule has 21 heavy (non-hydrogen) atoms. The third kappa shape index (κ3) is 4.35. The van der Waals surface area contributed by atoms with E-state index in [4.69, 9.17) is 9.47 Å². The van der Waals surface area contributed by atoms with Gasteiger partial charge in [0.05, 0.1) is 14.2 Å². The van der Waals surface area contributed by atoms with Crippen molar-refractivity contribution in [2.24, 2.45) is 5.92 Å². The molecule has 1 aromatic carbocycles. The van der Waals surface area contributed by atoms with Gasteiger partial charge in [0.1, 0.15) is 11.5 Å². The quantitative estimate of drug-likeness (QED) is 0.759. The van der Waals surface area contributed by atoms with Crippen LogP contribution in [0.25, 0.3) is 0 Å². The van der Waals surface area contributed by atoms with Gasteiger partial charge in [-0.25, -0.2) is 0 Å². The summed E-state index contributed by atoms with van der Waals surface area (Å²) in [7, 11) is 5.41. The molecule has 0 aliphatic heterocycles. The van der Waals surface area contributed by atoms with Gasteiger partial charge in [0.15, 0.2) is 0 Å². The second-order valence-corrected chi connectivity index (χ2v) is 5.74. The number of ether oxygens (including phenoxy) is 2. The van der Waals surface area contributed by atoms with E-state index in [2.05, 4.69) is 23.2 Å². The molecule has 4 nitrogen and oxygen atoms in total. The van der Waals surface area contributed by atoms with Crippen molar-refractivity contribution in [2.75, 3.05) is 40.9 Å². The maximum absolute atomic E-state index is 5.54. The first-order chi connectivity index (χ1) is 10.2. The zero-order valence-electron chi connectivity index (χ0n) is 13.7. The van der Waals surface area contributed by atoms with Gasteiger partial charge in [0.25, 0.3) is 0 Å². The van der Waals surface area contributed by atoms with Gasteiger partial charge in [-0.15, -0.1) is 0 Å². The molecule has 4 heteroatoms. The van der Waals surface area contributed by atoms with Crippen LogP contribution in [0.15, 0.2) is 18.2 Å². The lowest BCUT2D eigenvalue weighted by Crippen LogP contribution is -2.35. The molecule has 0 bridgehead atoms. The van der Waals surface area contributed by atoms with Crippen LogP contribution in [-0.4, -0.2) is 45.8 Å². The van der Waals surface area contributed by atoms with E-state index >= 15 is 0 Å². The summed E-state index contributed by atoms with van der Waals surface area (Å²) in [6.07, 6.45) is 2.79. The predicted molar refractivity (Wildman–Crippen MR) is 86.2 cm³/mol. The fourth-order valence-corrected chi connectivity index (χ4v) is 2.71. The van der Waals surface area contributed by atoms with Gasteiger partial charge in [-0.05, 0) is 38.4 Å². The first-order valence-electron chi connectivity index (χ1n) is 7.83. The molecule has 1 N–H and O–H groups in total. The molecule has 1 aromatic rings. The average molecular weight is 292 g/mol. The number of rotatable bonds is 9. The SMILES string of the molecule is CCN(CC1CC1)CC(NC)c1ccc(OC)cc1OC. The molecule has 0 heterocycles. The van der Waals surface area contributed by atoms with E-state index in [9.17, 15) is 0 Å². The Morgan fingerprint density at radius 1 is 1.29 bits per heavy atom. The molecule has 0 aromatic heterocycles. The second-order valence-electron chi connectivity index (χ2n) is 5.74. The van der Waals surface area contributed by atoms with Gasteiger partial charge in [0, 0.05) is 30.8 Å². The van der Waals surface area contributed by atoms with E-state index < -0.39 is 0 Å². The summed E-state index contributed by atoms with van der Waals surface area (Å²) in [5.74, 6) is 2.63. The van der Waals surface area contributed by atoms with Crippen molar-refractivity contribution < 1.29 is 9.47 Å². The summed E-state index contributed by atoms with van der Waals surface area (Å²) in [6, 6.07) is 6.32. The highest BCUT2D eigenvalue weighted by molar-refractivity contribution is 5.42. The van der Waals surface area contributed by atoms with E-state index in [0.717, 1.165) is 30.5 Å². The van der Waals surface area contributed by atoms with Crippen LogP contribution in [0, 0.1) is 5.92 Å². The minimum atomic E-state index is 0.268. The summed E-state index contributed by atoms with van der Waals surface area (Å²) in [5, 5.41) is 3.43. The van der Waals surface area contributed by atoms with Crippen LogP contribution in [0.2, 0.25) is 0 Å². The fraction of sp³-hybridized carbons (Fsp3) is 0.647. The molecule has 0 radical (unpaired) electrons. The summed E-state index contributed by atoms with van der Waals surface area (Å²) in [5.41, 5.74) is 1.19. The van der Waals surface area contributed by atoms with Gasteiger partial charge in [-0.1, -0.05) is 13.0 Å². The van der Waals surface area contributed by atoms with Gasteiger partial charge in [0.2, 0.25) is 0 Å². The third-order valence-electron chi connectivity index (χ3n) is 4.27. The highest BCUT2D eigenvalue weighted by Gasteiger charge is 2.25. The van der Waals surface area contributed by atoms with Crippen molar-refractivity contribution in [2.45, 2.75) is 25.8 Å². The molecule has 1 atom stereocenters. The maximum atomic E-state index is 5.54. The summed E-state index contributed by atoms with van der Waals surface area (Å²) >= 11 is 0. The van der Waals surface area contributed by atoms with E-state index in [-0.39, 0.29) is 6.04 Å². The Hall–Kier alpha value is -1.26. The Labute approximate surface area is 128 Å². The molecule has 2 rings (SSSR count). The monoisotopic (exact) mass is 292 g/mol. The van der Waals surface area contributed by atoms with Crippen LogP contribution in [0.5, 0.6) is 11.5 Å². The van der Waals surface area contributed by atoms with Crippen molar-refractivity contribution >= 4 is 0 Å². The third-order valence-corrected chi connectivity index (χ3v) is 4.27. The minimum Gasteiger partial charge on any atom is -0.497 e. The van der Waals surface area contributed by atoms with E-state index in [1.165, 1.54) is 24.9 Å².